The van der Waals surface area contributed by atoms with Gasteiger partial charge >= 0.3 is 6.03 Å². The molecule has 6 heteroatoms. The van der Waals surface area contributed by atoms with Crippen molar-refractivity contribution in [2.45, 2.75) is 13.0 Å². The van der Waals surface area contributed by atoms with E-state index in [-0.39, 0.29) is 12.1 Å². The molecular formula is C17H21N5O. The molecular weight excluding hydrogens is 290 g/mol. The van der Waals surface area contributed by atoms with E-state index in [1.807, 2.05) is 42.2 Å². The number of benzene rings is 1. The van der Waals surface area contributed by atoms with Crippen molar-refractivity contribution < 1.29 is 4.79 Å². The van der Waals surface area contributed by atoms with E-state index < -0.39 is 0 Å². The second kappa shape index (κ2) is 7.09. The third-order valence-corrected chi connectivity index (χ3v) is 4.08. The van der Waals surface area contributed by atoms with E-state index >= 15 is 0 Å². The molecule has 1 fully saturated rings. The van der Waals surface area contributed by atoms with Gasteiger partial charge in [-0.25, -0.2) is 9.78 Å². The predicted molar refractivity (Wildman–Crippen MR) is 89.2 cm³/mol. The summed E-state index contributed by atoms with van der Waals surface area (Å²) in [7, 11) is 0. The Morgan fingerprint density at radius 2 is 1.87 bits per heavy atom. The molecule has 0 spiro atoms. The molecule has 1 unspecified atom stereocenters. The number of anilines is 1. The number of hydrogen-bond acceptors (Lipinski definition) is 4. The van der Waals surface area contributed by atoms with Crippen LogP contribution in [0.2, 0.25) is 0 Å². The Labute approximate surface area is 136 Å². The monoisotopic (exact) mass is 311 g/mol. The number of nitrogens with one attached hydrogen (secondary N) is 1. The molecule has 1 aliphatic heterocycles. The summed E-state index contributed by atoms with van der Waals surface area (Å²) in [5, 5.41) is 3.06. The Morgan fingerprint density at radius 3 is 2.52 bits per heavy atom. The lowest BCUT2D eigenvalue weighted by Gasteiger charge is -2.35. The summed E-state index contributed by atoms with van der Waals surface area (Å²) in [5.41, 5.74) is 1.11. The maximum Gasteiger partial charge on any atom is 0.317 e. The number of nitrogens with zero attached hydrogens (tertiary/aromatic N) is 4. The zero-order valence-corrected chi connectivity index (χ0v) is 13.2. The van der Waals surface area contributed by atoms with Crippen LogP contribution in [0.5, 0.6) is 0 Å². The number of piperazine rings is 1. The number of carbonyl (C=O) groups is 1. The quantitative estimate of drug-likeness (QED) is 0.942. The molecule has 1 aliphatic rings. The van der Waals surface area contributed by atoms with Crippen molar-refractivity contribution in [2.24, 2.45) is 0 Å². The van der Waals surface area contributed by atoms with Gasteiger partial charge in [-0.1, -0.05) is 30.3 Å². The predicted octanol–water partition coefficient (Wildman–Crippen LogP) is 2.07. The van der Waals surface area contributed by atoms with E-state index in [2.05, 4.69) is 20.2 Å². The van der Waals surface area contributed by atoms with Crippen LogP contribution < -0.4 is 10.2 Å². The van der Waals surface area contributed by atoms with Crippen LogP contribution in [0.4, 0.5) is 10.6 Å². The fraction of sp³-hybridized carbons (Fsp3) is 0.353. The van der Waals surface area contributed by atoms with Crippen molar-refractivity contribution >= 4 is 11.8 Å². The number of amides is 2. The lowest BCUT2D eigenvalue weighted by Crippen LogP contribution is -2.52. The highest BCUT2D eigenvalue weighted by molar-refractivity contribution is 5.75. The second-order valence-corrected chi connectivity index (χ2v) is 5.62. The van der Waals surface area contributed by atoms with Crippen LogP contribution in [0, 0.1) is 0 Å². The van der Waals surface area contributed by atoms with Gasteiger partial charge in [0.2, 0.25) is 0 Å². The summed E-state index contributed by atoms with van der Waals surface area (Å²) in [6.45, 7) is 4.91. The zero-order valence-electron chi connectivity index (χ0n) is 13.2. The SMILES string of the molecule is CC(NC(=O)N1CCN(c2cnccn2)CC1)c1ccccc1. The van der Waals surface area contributed by atoms with Gasteiger partial charge < -0.3 is 15.1 Å². The molecule has 1 saturated heterocycles. The van der Waals surface area contributed by atoms with Gasteiger partial charge in [-0.05, 0) is 12.5 Å². The Morgan fingerprint density at radius 1 is 1.13 bits per heavy atom. The van der Waals surface area contributed by atoms with Gasteiger partial charge in [0.15, 0.2) is 0 Å². The van der Waals surface area contributed by atoms with Crippen molar-refractivity contribution in [2.75, 3.05) is 31.1 Å². The van der Waals surface area contributed by atoms with Crippen LogP contribution in [-0.4, -0.2) is 47.1 Å². The second-order valence-electron chi connectivity index (χ2n) is 5.62. The molecule has 0 aliphatic carbocycles. The van der Waals surface area contributed by atoms with Crippen LogP contribution in [0.25, 0.3) is 0 Å². The van der Waals surface area contributed by atoms with Gasteiger partial charge in [0, 0.05) is 38.6 Å². The number of aromatic nitrogens is 2. The molecule has 3 rings (SSSR count). The summed E-state index contributed by atoms with van der Waals surface area (Å²) in [6, 6.07) is 9.98. The van der Waals surface area contributed by atoms with Crippen molar-refractivity contribution in [1.82, 2.24) is 20.2 Å². The molecule has 23 heavy (non-hydrogen) atoms. The fourth-order valence-corrected chi connectivity index (χ4v) is 2.69. The number of hydrogen-bond donors (Lipinski definition) is 1. The minimum absolute atomic E-state index is 0.00159. The summed E-state index contributed by atoms with van der Waals surface area (Å²) >= 11 is 0. The minimum Gasteiger partial charge on any atom is -0.352 e. The number of urea groups is 1. The number of rotatable bonds is 3. The third-order valence-electron chi connectivity index (χ3n) is 4.08. The fourth-order valence-electron chi connectivity index (χ4n) is 2.69. The van der Waals surface area contributed by atoms with Crippen molar-refractivity contribution in [3.63, 3.8) is 0 Å². The van der Waals surface area contributed by atoms with E-state index in [1.165, 1.54) is 0 Å². The lowest BCUT2D eigenvalue weighted by molar-refractivity contribution is 0.191. The summed E-state index contributed by atoms with van der Waals surface area (Å²) in [4.78, 5) is 24.8. The highest BCUT2D eigenvalue weighted by atomic mass is 16.2. The minimum atomic E-state index is -0.0138. The first kappa shape index (κ1) is 15.3. The van der Waals surface area contributed by atoms with Gasteiger partial charge in [0.25, 0.3) is 0 Å². The molecule has 1 aromatic heterocycles. The summed E-state index contributed by atoms with van der Waals surface area (Å²) in [6.07, 6.45) is 5.11. The van der Waals surface area contributed by atoms with E-state index in [1.54, 1.807) is 18.6 Å². The molecule has 1 aromatic carbocycles. The zero-order chi connectivity index (χ0) is 16.1. The molecule has 120 valence electrons. The Bertz CT molecular complexity index is 626. The maximum absolute atomic E-state index is 12.4. The largest absolute Gasteiger partial charge is 0.352 e. The topological polar surface area (TPSA) is 61.4 Å². The highest BCUT2D eigenvalue weighted by Crippen LogP contribution is 2.14. The first-order valence-corrected chi connectivity index (χ1v) is 7.85. The van der Waals surface area contributed by atoms with E-state index in [0.717, 1.165) is 24.5 Å². The molecule has 6 nitrogen and oxygen atoms in total. The van der Waals surface area contributed by atoms with Crippen molar-refractivity contribution in [3.05, 3.63) is 54.5 Å². The Balaban J connectivity index is 1.52. The maximum atomic E-state index is 12.4. The average molecular weight is 311 g/mol. The van der Waals surface area contributed by atoms with Crippen LogP contribution >= 0.6 is 0 Å². The molecule has 0 radical (unpaired) electrons. The summed E-state index contributed by atoms with van der Waals surface area (Å²) < 4.78 is 0. The molecule has 2 heterocycles. The Kier molecular flexibility index (Phi) is 4.71. The van der Waals surface area contributed by atoms with E-state index in [9.17, 15) is 4.79 Å². The van der Waals surface area contributed by atoms with Crippen molar-refractivity contribution in [1.29, 1.82) is 0 Å². The van der Waals surface area contributed by atoms with Gasteiger partial charge in [-0.3, -0.25) is 4.98 Å². The molecule has 0 bridgehead atoms. The number of carbonyl (C=O) groups excluding carboxylic acids is 1. The van der Waals surface area contributed by atoms with Gasteiger partial charge in [-0.2, -0.15) is 0 Å². The molecule has 1 atom stereocenters. The lowest BCUT2D eigenvalue weighted by atomic mass is 10.1. The highest BCUT2D eigenvalue weighted by Gasteiger charge is 2.23. The molecule has 2 amide bonds. The van der Waals surface area contributed by atoms with Crippen LogP contribution in [0.15, 0.2) is 48.9 Å². The van der Waals surface area contributed by atoms with Gasteiger partial charge in [-0.15, -0.1) is 0 Å². The summed E-state index contributed by atoms with van der Waals surface area (Å²) in [5.74, 6) is 0.866. The average Bonchev–Trinajstić information content (AvgIpc) is 2.63. The molecule has 2 aromatic rings. The van der Waals surface area contributed by atoms with Crippen molar-refractivity contribution in [3.8, 4) is 0 Å². The van der Waals surface area contributed by atoms with Gasteiger partial charge in [0.1, 0.15) is 5.82 Å². The van der Waals surface area contributed by atoms with E-state index in [0.29, 0.717) is 13.1 Å². The van der Waals surface area contributed by atoms with E-state index in [4.69, 9.17) is 0 Å². The first-order valence-electron chi connectivity index (χ1n) is 7.85. The molecule has 1 N–H and O–H groups in total. The molecule has 0 saturated carbocycles. The third kappa shape index (κ3) is 3.77. The normalized spacial score (nSPS) is 16.0. The Hall–Kier alpha value is -2.63. The van der Waals surface area contributed by atoms with Crippen LogP contribution in [-0.2, 0) is 0 Å². The van der Waals surface area contributed by atoms with Gasteiger partial charge in [0.05, 0.1) is 12.2 Å². The standard InChI is InChI=1S/C17H21N5O/c1-14(15-5-3-2-4-6-15)20-17(23)22-11-9-21(10-12-22)16-13-18-7-8-19-16/h2-8,13-14H,9-12H2,1H3,(H,20,23). The first-order chi connectivity index (χ1) is 11.2. The smallest absolute Gasteiger partial charge is 0.317 e. The van der Waals surface area contributed by atoms with Crippen LogP contribution in [0.3, 0.4) is 0 Å². The van der Waals surface area contributed by atoms with Crippen LogP contribution in [0.1, 0.15) is 18.5 Å².